The average Bonchev–Trinajstić information content (AvgIpc) is 3.11. The van der Waals surface area contributed by atoms with Gasteiger partial charge in [0, 0.05) is 29.2 Å². The Morgan fingerprint density at radius 1 is 1.20 bits per heavy atom. The molecule has 1 aliphatic rings. The van der Waals surface area contributed by atoms with Crippen molar-refractivity contribution in [3.05, 3.63) is 62.4 Å². The molecule has 25 heavy (non-hydrogen) atoms. The molecule has 2 aromatic rings. The van der Waals surface area contributed by atoms with Gasteiger partial charge in [-0.1, -0.05) is 15.9 Å². The van der Waals surface area contributed by atoms with E-state index in [0.29, 0.717) is 10.2 Å². The number of amides is 1. The van der Waals surface area contributed by atoms with E-state index in [-0.39, 0.29) is 16.9 Å². The number of carbonyl (C=O) groups excluding carboxylic acids is 1. The quantitative estimate of drug-likeness (QED) is 0.603. The first-order valence-electron chi connectivity index (χ1n) is 7.75. The van der Waals surface area contributed by atoms with Crippen LogP contribution in [0.1, 0.15) is 23.2 Å². The third-order valence-corrected chi connectivity index (χ3v) is 4.55. The van der Waals surface area contributed by atoms with Gasteiger partial charge in [0.2, 0.25) is 0 Å². The van der Waals surface area contributed by atoms with Gasteiger partial charge in [0.1, 0.15) is 11.5 Å². The molecule has 0 bridgehead atoms. The van der Waals surface area contributed by atoms with E-state index in [9.17, 15) is 19.3 Å². The SMILES string of the molecule is O=C(Nc1ccc(Br)cc1F)c1ccc(N2CCCC2)c([N+](=O)[O-])c1. The number of carbonyl (C=O) groups is 1. The first-order valence-corrected chi connectivity index (χ1v) is 8.55. The Kier molecular flexibility index (Phi) is 4.98. The van der Waals surface area contributed by atoms with Crippen molar-refractivity contribution in [1.29, 1.82) is 0 Å². The number of benzene rings is 2. The van der Waals surface area contributed by atoms with Crippen molar-refractivity contribution in [3.63, 3.8) is 0 Å². The molecule has 3 rings (SSSR count). The van der Waals surface area contributed by atoms with Crippen LogP contribution in [0.15, 0.2) is 40.9 Å². The molecule has 0 spiro atoms. The van der Waals surface area contributed by atoms with E-state index in [1.165, 1.54) is 24.3 Å². The molecule has 0 radical (unpaired) electrons. The predicted octanol–water partition coefficient (Wildman–Crippen LogP) is 4.35. The Morgan fingerprint density at radius 2 is 1.92 bits per heavy atom. The van der Waals surface area contributed by atoms with Gasteiger partial charge in [0.15, 0.2) is 0 Å². The molecular formula is C17H15BrFN3O3. The van der Waals surface area contributed by atoms with E-state index in [0.717, 1.165) is 25.9 Å². The van der Waals surface area contributed by atoms with Gasteiger partial charge in [-0.2, -0.15) is 0 Å². The number of hydrogen-bond donors (Lipinski definition) is 1. The monoisotopic (exact) mass is 407 g/mol. The van der Waals surface area contributed by atoms with Crippen LogP contribution in [0.5, 0.6) is 0 Å². The van der Waals surface area contributed by atoms with Gasteiger partial charge in [0.05, 0.1) is 10.6 Å². The van der Waals surface area contributed by atoms with Crippen LogP contribution in [0.2, 0.25) is 0 Å². The number of halogens is 2. The van der Waals surface area contributed by atoms with E-state index in [1.54, 1.807) is 12.1 Å². The number of nitro groups is 1. The van der Waals surface area contributed by atoms with Crippen LogP contribution in [-0.4, -0.2) is 23.9 Å². The van der Waals surface area contributed by atoms with Gasteiger partial charge >= 0.3 is 0 Å². The maximum Gasteiger partial charge on any atom is 0.293 e. The van der Waals surface area contributed by atoms with Crippen LogP contribution >= 0.6 is 15.9 Å². The molecule has 1 fully saturated rings. The summed E-state index contributed by atoms with van der Waals surface area (Å²) in [5.41, 5.74) is 0.510. The largest absolute Gasteiger partial charge is 0.366 e. The fourth-order valence-electron chi connectivity index (χ4n) is 2.82. The highest BCUT2D eigenvalue weighted by atomic mass is 79.9. The molecule has 1 saturated heterocycles. The van der Waals surface area contributed by atoms with Crippen molar-refractivity contribution >= 4 is 38.9 Å². The highest BCUT2D eigenvalue weighted by Crippen LogP contribution is 2.32. The summed E-state index contributed by atoms with van der Waals surface area (Å²) in [6, 6.07) is 8.58. The molecular weight excluding hydrogens is 393 g/mol. The zero-order valence-corrected chi connectivity index (χ0v) is 14.8. The minimum atomic E-state index is -0.600. The smallest absolute Gasteiger partial charge is 0.293 e. The molecule has 1 amide bonds. The highest BCUT2D eigenvalue weighted by Gasteiger charge is 2.24. The summed E-state index contributed by atoms with van der Waals surface area (Å²) in [7, 11) is 0. The van der Waals surface area contributed by atoms with E-state index < -0.39 is 16.6 Å². The number of nitrogens with zero attached hydrogens (tertiary/aromatic N) is 2. The third kappa shape index (κ3) is 3.79. The maximum absolute atomic E-state index is 13.8. The molecule has 0 unspecified atom stereocenters. The highest BCUT2D eigenvalue weighted by molar-refractivity contribution is 9.10. The van der Waals surface area contributed by atoms with Crippen molar-refractivity contribution in [2.75, 3.05) is 23.3 Å². The molecule has 1 N–H and O–H groups in total. The molecule has 0 aromatic heterocycles. The molecule has 1 aliphatic heterocycles. The molecule has 0 atom stereocenters. The zero-order valence-electron chi connectivity index (χ0n) is 13.2. The fraction of sp³-hybridized carbons (Fsp3) is 0.235. The number of nitro benzene ring substituents is 1. The molecule has 2 aromatic carbocycles. The molecule has 0 saturated carbocycles. The van der Waals surface area contributed by atoms with Crippen molar-refractivity contribution in [1.82, 2.24) is 0 Å². The minimum Gasteiger partial charge on any atom is -0.366 e. The number of anilines is 2. The second-order valence-electron chi connectivity index (χ2n) is 5.73. The lowest BCUT2D eigenvalue weighted by atomic mass is 10.1. The minimum absolute atomic E-state index is 0.0134. The predicted molar refractivity (Wildman–Crippen MR) is 96.6 cm³/mol. The average molecular weight is 408 g/mol. The van der Waals surface area contributed by atoms with Crippen molar-refractivity contribution in [2.45, 2.75) is 12.8 Å². The van der Waals surface area contributed by atoms with Crippen LogP contribution in [-0.2, 0) is 0 Å². The molecule has 130 valence electrons. The summed E-state index contributed by atoms with van der Waals surface area (Å²) in [6.07, 6.45) is 1.98. The Balaban J connectivity index is 1.87. The summed E-state index contributed by atoms with van der Waals surface area (Å²) in [5.74, 6) is -1.19. The Morgan fingerprint density at radius 3 is 2.56 bits per heavy atom. The van der Waals surface area contributed by atoms with Crippen LogP contribution in [0.4, 0.5) is 21.5 Å². The second-order valence-corrected chi connectivity index (χ2v) is 6.65. The van der Waals surface area contributed by atoms with Crippen molar-refractivity contribution in [3.8, 4) is 0 Å². The summed E-state index contributed by atoms with van der Waals surface area (Å²) in [6.45, 7) is 1.52. The standard InChI is InChI=1S/C17H15BrFN3O3/c18-12-4-5-14(13(19)10-12)20-17(23)11-3-6-15(16(9-11)22(24)25)21-7-1-2-8-21/h3-6,9-10H,1-2,7-8H2,(H,20,23). The van der Waals surface area contributed by atoms with Gasteiger partial charge in [-0.05, 0) is 43.2 Å². The topological polar surface area (TPSA) is 75.5 Å². The van der Waals surface area contributed by atoms with Crippen molar-refractivity contribution < 1.29 is 14.1 Å². The number of nitrogens with one attached hydrogen (secondary N) is 1. The third-order valence-electron chi connectivity index (χ3n) is 4.06. The Labute approximate surface area is 151 Å². The summed E-state index contributed by atoms with van der Waals surface area (Å²) >= 11 is 3.14. The zero-order chi connectivity index (χ0) is 18.0. The Hall–Kier alpha value is -2.48. The first kappa shape index (κ1) is 17.3. The fourth-order valence-corrected chi connectivity index (χ4v) is 3.15. The summed E-state index contributed by atoms with van der Waals surface area (Å²) in [4.78, 5) is 25.2. The first-order chi connectivity index (χ1) is 12.0. The van der Waals surface area contributed by atoms with Gasteiger partial charge in [-0.3, -0.25) is 14.9 Å². The lowest BCUT2D eigenvalue weighted by molar-refractivity contribution is -0.384. The van der Waals surface area contributed by atoms with E-state index in [4.69, 9.17) is 0 Å². The van der Waals surface area contributed by atoms with Crippen LogP contribution in [0, 0.1) is 15.9 Å². The van der Waals surface area contributed by atoms with E-state index >= 15 is 0 Å². The van der Waals surface area contributed by atoms with Crippen LogP contribution < -0.4 is 10.2 Å². The van der Waals surface area contributed by atoms with E-state index in [2.05, 4.69) is 21.2 Å². The Bertz CT molecular complexity index is 838. The molecule has 6 nitrogen and oxygen atoms in total. The number of rotatable bonds is 4. The lowest BCUT2D eigenvalue weighted by Crippen LogP contribution is -2.20. The van der Waals surface area contributed by atoms with E-state index in [1.807, 2.05) is 4.90 Å². The van der Waals surface area contributed by atoms with Gasteiger partial charge < -0.3 is 10.2 Å². The molecule has 0 aliphatic carbocycles. The maximum atomic E-state index is 13.8. The van der Waals surface area contributed by atoms with Gasteiger partial charge in [-0.15, -0.1) is 0 Å². The van der Waals surface area contributed by atoms with Crippen LogP contribution in [0.25, 0.3) is 0 Å². The van der Waals surface area contributed by atoms with Crippen molar-refractivity contribution in [2.24, 2.45) is 0 Å². The van der Waals surface area contributed by atoms with Crippen LogP contribution in [0.3, 0.4) is 0 Å². The normalized spacial score (nSPS) is 13.8. The van der Waals surface area contributed by atoms with Gasteiger partial charge in [0.25, 0.3) is 11.6 Å². The second kappa shape index (κ2) is 7.18. The lowest BCUT2D eigenvalue weighted by Gasteiger charge is -2.17. The molecule has 8 heteroatoms. The number of hydrogen-bond acceptors (Lipinski definition) is 4. The summed E-state index contributed by atoms with van der Waals surface area (Å²) < 4.78 is 14.4. The molecule has 1 heterocycles. The van der Waals surface area contributed by atoms with Gasteiger partial charge in [-0.25, -0.2) is 4.39 Å². The summed E-state index contributed by atoms with van der Waals surface area (Å²) in [5, 5.41) is 13.8.